The van der Waals surface area contributed by atoms with Gasteiger partial charge in [0.2, 0.25) is 0 Å². The lowest BCUT2D eigenvalue weighted by Crippen LogP contribution is -2.39. The first-order chi connectivity index (χ1) is 13.1. The number of amides is 2. The molecule has 0 unspecified atom stereocenters. The normalized spacial score (nSPS) is 11.6. The van der Waals surface area contributed by atoms with Gasteiger partial charge in [-0.05, 0) is 36.4 Å². The lowest BCUT2D eigenvalue weighted by molar-refractivity contribution is -0.136. The Balaban J connectivity index is 1.66. The van der Waals surface area contributed by atoms with Crippen LogP contribution in [0.25, 0.3) is 0 Å². The number of rotatable bonds is 6. The standard InChI is InChI=1S/C18H17ClN4O4/c1-26-15-6-5-12(19)10-13(15)22-18(25)17(24)20-11-14(16-4-2-9-27-16)23-8-3-7-21-23/h2-10,14H,11H2,1H3,(H,20,24)(H,22,25)/t14-/m0/s1. The second-order valence-electron chi connectivity index (χ2n) is 5.53. The van der Waals surface area contributed by atoms with Gasteiger partial charge in [-0.1, -0.05) is 11.6 Å². The average molecular weight is 389 g/mol. The third kappa shape index (κ3) is 4.48. The van der Waals surface area contributed by atoms with Crippen molar-refractivity contribution in [3.8, 4) is 5.75 Å². The summed E-state index contributed by atoms with van der Waals surface area (Å²) in [5.74, 6) is -0.642. The first-order valence-corrected chi connectivity index (χ1v) is 8.41. The molecule has 3 rings (SSSR count). The van der Waals surface area contributed by atoms with Gasteiger partial charge in [0, 0.05) is 24.0 Å². The van der Waals surface area contributed by atoms with Crippen molar-refractivity contribution in [3.63, 3.8) is 0 Å². The van der Waals surface area contributed by atoms with Crippen molar-refractivity contribution in [2.75, 3.05) is 19.0 Å². The summed E-state index contributed by atoms with van der Waals surface area (Å²) in [5, 5.41) is 9.65. The molecule has 0 radical (unpaired) electrons. The Morgan fingerprint density at radius 3 is 2.81 bits per heavy atom. The van der Waals surface area contributed by atoms with E-state index in [0.717, 1.165) is 0 Å². The van der Waals surface area contributed by atoms with Gasteiger partial charge < -0.3 is 19.8 Å². The highest BCUT2D eigenvalue weighted by Crippen LogP contribution is 2.27. The van der Waals surface area contributed by atoms with Crippen LogP contribution in [0.1, 0.15) is 11.8 Å². The number of carbonyl (C=O) groups is 2. The highest BCUT2D eigenvalue weighted by molar-refractivity contribution is 6.40. The SMILES string of the molecule is COc1ccc(Cl)cc1NC(=O)C(=O)NC[C@@H](c1ccco1)n1cccn1. The molecule has 1 atom stereocenters. The number of hydrogen-bond donors (Lipinski definition) is 2. The summed E-state index contributed by atoms with van der Waals surface area (Å²) in [6.45, 7) is 0.119. The molecule has 0 saturated heterocycles. The van der Waals surface area contributed by atoms with E-state index < -0.39 is 11.8 Å². The van der Waals surface area contributed by atoms with E-state index in [1.807, 2.05) is 0 Å². The van der Waals surface area contributed by atoms with Crippen LogP contribution in [-0.2, 0) is 9.59 Å². The van der Waals surface area contributed by atoms with Crippen molar-refractivity contribution < 1.29 is 18.7 Å². The van der Waals surface area contributed by atoms with Gasteiger partial charge in [0.15, 0.2) is 0 Å². The Bertz CT molecular complexity index is 875. The molecule has 0 aliphatic heterocycles. The van der Waals surface area contributed by atoms with Gasteiger partial charge in [0.25, 0.3) is 0 Å². The predicted octanol–water partition coefficient (Wildman–Crippen LogP) is 2.48. The van der Waals surface area contributed by atoms with E-state index in [-0.39, 0.29) is 12.6 Å². The van der Waals surface area contributed by atoms with E-state index in [1.54, 1.807) is 47.4 Å². The minimum absolute atomic E-state index is 0.119. The third-order valence-corrected chi connectivity index (χ3v) is 4.02. The molecule has 0 spiro atoms. The zero-order chi connectivity index (χ0) is 19.2. The van der Waals surface area contributed by atoms with E-state index in [9.17, 15) is 9.59 Å². The smallest absolute Gasteiger partial charge is 0.313 e. The number of hydrogen-bond acceptors (Lipinski definition) is 5. The third-order valence-electron chi connectivity index (χ3n) is 3.79. The number of carbonyl (C=O) groups excluding carboxylic acids is 2. The zero-order valence-corrected chi connectivity index (χ0v) is 15.1. The number of nitrogens with zero attached hydrogens (tertiary/aromatic N) is 2. The van der Waals surface area contributed by atoms with E-state index in [2.05, 4.69) is 15.7 Å². The largest absolute Gasteiger partial charge is 0.495 e. The molecule has 0 fully saturated rings. The van der Waals surface area contributed by atoms with E-state index >= 15 is 0 Å². The first kappa shape index (κ1) is 18.5. The molecule has 2 heterocycles. The molecule has 9 heteroatoms. The highest BCUT2D eigenvalue weighted by Gasteiger charge is 2.21. The van der Waals surface area contributed by atoms with Gasteiger partial charge in [-0.25, -0.2) is 0 Å². The topological polar surface area (TPSA) is 98.4 Å². The number of ether oxygens (including phenoxy) is 1. The van der Waals surface area contributed by atoms with Gasteiger partial charge in [-0.3, -0.25) is 14.3 Å². The molecule has 2 aromatic heterocycles. The van der Waals surface area contributed by atoms with Gasteiger partial charge in [-0.15, -0.1) is 0 Å². The molecular formula is C18H17ClN4O4. The second kappa shape index (κ2) is 8.41. The minimum atomic E-state index is -0.839. The highest BCUT2D eigenvalue weighted by atomic mass is 35.5. The Morgan fingerprint density at radius 1 is 1.30 bits per heavy atom. The van der Waals surface area contributed by atoms with Crippen molar-refractivity contribution in [2.24, 2.45) is 0 Å². The first-order valence-electron chi connectivity index (χ1n) is 8.03. The van der Waals surface area contributed by atoms with Crippen molar-refractivity contribution in [1.29, 1.82) is 0 Å². The molecule has 3 aromatic rings. The zero-order valence-electron chi connectivity index (χ0n) is 14.4. The van der Waals surface area contributed by atoms with Crippen LogP contribution < -0.4 is 15.4 Å². The van der Waals surface area contributed by atoms with Crippen LogP contribution in [0.2, 0.25) is 5.02 Å². The summed E-state index contributed by atoms with van der Waals surface area (Å²) in [5.41, 5.74) is 0.305. The molecule has 27 heavy (non-hydrogen) atoms. The van der Waals surface area contributed by atoms with E-state index in [1.165, 1.54) is 19.4 Å². The molecular weight excluding hydrogens is 372 g/mol. The number of aromatic nitrogens is 2. The molecule has 2 amide bonds. The fourth-order valence-electron chi connectivity index (χ4n) is 2.50. The summed E-state index contributed by atoms with van der Waals surface area (Å²) < 4.78 is 12.2. The second-order valence-corrected chi connectivity index (χ2v) is 5.96. The van der Waals surface area contributed by atoms with Crippen LogP contribution in [-0.4, -0.2) is 35.2 Å². The lowest BCUT2D eigenvalue weighted by atomic mass is 10.2. The van der Waals surface area contributed by atoms with Crippen LogP contribution in [0.3, 0.4) is 0 Å². The van der Waals surface area contributed by atoms with Crippen molar-refractivity contribution in [1.82, 2.24) is 15.1 Å². The number of benzene rings is 1. The summed E-state index contributed by atoms with van der Waals surface area (Å²) in [6, 6.07) is 9.61. The molecule has 2 N–H and O–H groups in total. The molecule has 0 bridgehead atoms. The van der Waals surface area contributed by atoms with Crippen LogP contribution in [0.5, 0.6) is 5.75 Å². The Kier molecular flexibility index (Phi) is 5.77. The van der Waals surface area contributed by atoms with Crippen molar-refractivity contribution in [2.45, 2.75) is 6.04 Å². The molecule has 0 aliphatic rings. The molecule has 1 aromatic carbocycles. The van der Waals surface area contributed by atoms with Crippen LogP contribution in [0, 0.1) is 0 Å². The predicted molar refractivity (Wildman–Crippen MR) is 98.7 cm³/mol. The monoisotopic (exact) mass is 388 g/mol. The summed E-state index contributed by atoms with van der Waals surface area (Å²) in [4.78, 5) is 24.4. The van der Waals surface area contributed by atoms with Gasteiger partial charge >= 0.3 is 11.8 Å². The van der Waals surface area contributed by atoms with Crippen molar-refractivity contribution in [3.05, 3.63) is 65.8 Å². The maximum atomic E-state index is 12.2. The average Bonchev–Trinajstić information content (AvgIpc) is 3.36. The fraction of sp³-hybridized carbons (Fsp3) is 0.167. The van der Waals surface area contributed by atoms with Gasteiger partial charge in [0.1, 0.15) is 17.6 Å². The molecule has 0 aliphatic carbocycles. The minimum Gasteiger partial charge on any atom is -0.495 e. The summed E-state index contributed by atoms with van der Waals surface area (Å²) >= 11 is 5.93. The van der Waals surface area contributed by atoms with Crippen LogP contribution >= 0.6 is 11.6 Å². The molecule has 140 valence electrons. The number of nitrogens with one attached hydrogen (secondary N) is 2. The lowest BCUT2D eigenvalue weighted by Gasteiger charge is -2.16. The number of anilines is 1. The van der Waals surface area contributed by atoms with Gasteiger partial charge in [-0.2, -0.15) is 5.10 Å². The Morgan fingerprint density at radius 2 is 2.15 bits per heavy atom. The quantitative estimate of drug-likeness (QED) is 0.632. The summed E-state index contributed by atoms with van der Waals surface area (Å²) in [6.07, 6.45) is 4.90. The van der Waals surface area contributed by atoms with E-state index in [0.29, 0.717) is 22.2 Å². The molecule has 0 saturated carbocycles. The van der Waals surface area contributed by atoms with Gasteiger partial charge in [0.05, 0.1) is 19.1 Å². The number of furan rings is 1. The van der Waals surface area contributed by atoms with E-state index in [4.69, 9.17) is 20.8 Å². The maximum absolute atomic E-state index is 12.2. The maximum Gasteiger partial charge on any atom is 0.313 e. The number of halogens is 1. The molecule has 8 nitrogen and oxygen atoms in total. The summed E-state index contributed by atoms with van der Waals surface area (Å²) in [7, 11) is 1.46. The fourth-order valence-corrected chi connectivity index (χ4v) is 2.67. The Labute approximate surface area is 160 Å². The number of methoxy groups -OCH3 is 1. The Hall–Kier alpha value is -3.26. The van der Waals surface area contributed by atoms with Crippen LogP contribution in [0.15, 0.2) is 59.5 Å². The van der Waals surface area contributed by atoms with Crippen LogP contribution in [0.4, 0.5) is 5.69 Å². The van der Waals surface area contributed by atoms with Crippen molar-refractivity contribution >= 4 is 29.1 Å².